The lowest BCUT2D eigenvalue weighted by atomic mass is 9.81. The number of aromatic nitrogens is 2. The van der Waals surface area contributed by atoms with Crippen molar-refractivity contribution in [2.24, 2.45) is 5.92 Å². The molecule has 1 aromatic heterocycles. The van der Waals surface area contributed by atoms with Crippen molar-refractivity contribution < 1.29 is 13.2 Å². The molecule has 5 nitrogen and oxygen atoms in total. The maximum atomic E-state index is 13.0. The molecule has 1 saturated carbocycles. The summed E-state index contributed by atoms with van der Waals surface area (Å²) in [5.74, 6) is -0.643. The number of halogens is 3. The molecule has 1 aliphatic carbocycles. The maximum absolute atomic E-state index is 13.0. The van der Waals surface area contributed by atoms with Gasteiger partial charge >= 0.3 is 6.18 Å². The molecule has 0 bridgehead atoms. The minimum Gasteiger partial charge on any atom is -0.373 e. The van der Waals surface area contributed by atoms with Gasteiger partial charge in [-0.3, -0.25) is 9.36 Å². The predicted molar refractivity (Wildman–Crippen MR) is 99.6 cm³/mol. The van der Waals surface area contributed by atoms with Gasteiger partial charge in [0.05, 0.1) is 28.8 Å². The third-order valence-corrected chi connectivity index (χ3v) is 5.38. The average molecular weight is 390 g/mol. The first-order chi connectivity index (χ1) is 13.3. The molecule has 0 amide bonds. The van der Waals surface area contributed by atoms with Gasteiger partial charge in [-0.25, -0.2) is 4.98 Å². The van der Waals surface area contributed by atoms with Gasteiger partial charge in [-0.1, -0.05) is 0 Å². The van der Waals surface area contributed by atoms with E-state index in [1.807, 2.05) is 6.07 Å². The van der Waals surface area contributed by atoms with Gasteiger partial charge in [-0.2, -0.15) is 18.4 Å². The van der Waals surface area contributed by atoms with Crippen LogP contribution in [0.1, 0.15) is 48.6 Å². The quantitative estimate of drug-likeness (QED) is 0.849. The van der Waals surface area contributed by atoms with Crippen LogP contribution < -0.4 is 10.9 Å². The van der Waals surface area contributed by atoms with Crippen LogP contribution in [0.15, 0.2) is 29.1 Å². The number of hydrogen-bond donors (Lipinski definition) is 1. The van der Waals surface area contributed by atoms with Gasteiger partial charge < -0.3 is 5.32 Å². The largest absolute Gasteiger partial charge is 0.391 e. The van der Waals surface area contributed by atoms with Crippen molar-refractivity contribution in [2.45, 2.75) is 44.7 Å². The molecule has 0 aliphatic heterocycles. The summed E-state index contributed by atoms with van der Waals surface area (Å²) in [7, 11) is 1.66. The van der Waals surface area contributed by atoms with Crippen molar-refractivity contribution >= 4 is 5.82 Å². The van der Waals surface area contributed by atoms with Gasteiger partial charge in [0.25, 0.3) is 5.56 Å². The molecule has 0 radical (unpaired) electrons. The van der Waals surface area contributed by atoms with E-state index in [4.69, 9.17) is 5.26 Å². The summed E-state index contributed by atoms with van der Waals surface area (Å²) in [6, 6.07) is 8.55. The van der Waals surface area contributed by atoms with E-state index in [1.165, 1.54) is 4.57 Å². The summed E-state index contributed by atoms with van der Waals surface area (Å²) in [5, 5.41) is 11.9. The van der Waals surface area contributed by atoms with Crippen molar-refractivity contribution in [2.75, 3.05) is 12.4 Å². The van der Waals surface area contributed by atoms with E-state index in [2.05, 4.69) is 10.3 Å². The van der Waals surface area contributed by atoms with Crippen molar-refractivity contribution in [1.29, 1.82) is 5.26 Å². The molecule has 0 saturated heterocycles. The molecule has 148 valence electrons. The van der Waals surface area contributed by atoms with Crippen molar-refractivity contribution in [3.63, 3.8) is 0 Å². The van der Waals surface area contributed by atoms with Gasteiger partial charge in [0.1, 0.15) is 11.6 Å². The standard InChI is InChI=1S/C20H21F3N4O/c1-12-17(25-2)26-18(14-5-7-15(8-6-14)20(21,22)23)27(19(12)28)16-9-3-13(11-24)4-10-16/h3-4,9-10,14-15,25H,5-8H2,1-2H3. The number of nitriles is 1. The molecule has 1 aromatic carbocycles. The Balaban J connectivity index is 2.06. The van der Waals surface area contributed by atoms with Crippen LogP contribution in [0, 0.1) is 24.2 Å². The smallest absolute Gasteiger partial charge is 0.373 e. The Labute approximate surface area is 160 Å². The molecule has 0 atom stereocenters. The lowest BCUT2D eigenvalue weighted by Crippen LogP contribution is -2.32. The third-order valence-electron chi connectivity index (χ3n) is 5.38. The first-order valence-corrected chi connectivity index (χ1v) is 9.14. The highest BCUT2D eigenvalue weighted by atomic mass is 19.4. The maximum Gasteiger partial charge on any atom is 0.391 e. The minimum absolute atomic E-state index is 0.0279. The van der Waals surface area contributed by atoms with Crippen LogP contribution in [-0.2, 0) is 0 Å². The topological polar surface area (TPSA) is 70.7 Å². The molecule has 0 spiro atoms. The molecule has 1 fully saturated rings. The molecule has 8 heteroatoms. The number of hydrogen-bond acceptors (Lipinski definition) is 4. The minimum atomic E-state index is -4.19. The SMILES string of the molecule is CNc1nc(C2CCC(C(F)(F)F)CC2)n(-c2ccc(C#N)cc2)c(=O)c1C. The molecule has 3 rings (SSSR count). The number of anilines is 1. The highest BCUT2D eigenvalue weighted by Crippen LogP contribution is 2.42. The highest BCUT2D eigenvalue weighted by molar-refractivity contribution is 5.46. The van der Waals surface area contributed by atoms with Crippen LogP contribution in [0.3, 0.4) is 0 Å². The Hall–Kier alpha value is -2.82. The van der Waals surface area contributed by atoms with Crippen LogP contribution in [0.2, 0.25) is 0 Å². The van der Waals surface area contributed by atoms with Crippen molar-refractivity contribution in [1.82, 2.24) is 9.55 Å². The van der Waals surface area contributed by atoms with Crippen molar-refractivity contribution in [3.05, 3.63) is 51.6 Å². The lowest BCUT2D eigenvalue weighted by Gasteiger charge is -2.31. The summed E-state index contributed by atoms with van der Waals surface area (Å²) in [6.45, 7) is 1.66. The van der Waals surface area contributed by atoms with E-state index >= 15 is 0 Å². The van der Waals surface area contributed by atoms with Crippen LogP contribution >= 0.6 is 0 Å². The lowest BCUT2D eigenvalue weighted by molar-refractivity contribution is -0.182. The van der Waals surface area contributed by atoms with Crippen LogP contribution in [0.25, 0.3) is 5.69 Å². The van der Waals surface area contributed by atoms with Gasteiger partial charge in [0.15, 0.2) is 0 Å². The van der Waals surface area contributed by atoms with E-state index in [1.54, 1.807) is 38.2 Å². The van der Waals surface area contributed by atoms with Crippen molar-refractivity contribution in [3.8, 4) is 11.8 Å². The fourth-order valence-corrected chi connectivity index (χ4v) is 3.75. The number of nitrogens with one attached hydrogen (secondary N) is 1. The normalized spacial score (nSPS) is 19.9. The number of benzene rings is 1. The number of rotatable bonds is 3. The Morgan fingerprint density at radius 3 is 2.29 bits per heavy atom. The van der Waals surface area contributed by atoms with E-state index in [0.29, 0.717) is 41.3 Å². The Kier molecular flexibility index (Phi) is 5.45. The van der Waals surface area contributed by atoms with Gasteiger partial charge in [-0.15, -0.1) is 0 Å². The van der Waals surface area contributed by atoms with Gasteiger partial charge in [-0.05, 0) is 56.9 Å². The fourth-order valence-electron chi connectivity index (χ4n) is 3.75. The monoisotopic (exact) mass is 390 g/mol. The molecule has 28 heavy (non-hydrogen) atoms. The fraction of sp³-hybridized carbons (Fsp3) is 0.450. The number of alkyl halides is 3. The van der Waals surface area contributed by atoms with Gasteiger partial charge in [0.2, 0.25) is 0 Å². The van der Waals surface area contributed by atoms with E-state index < -0.39 is 12.1 Å². The van der Waals surface area contributed by atoms with Crippen LogP contribution in [0.4, 0.5) is 19.0 Å². The van der Waals surface area contributed by atoms with Crippen LogP contribution in [-0.4, -0.2) is 22.8 Å². The second-order valence-electron chi connectivity index (χ2n) is 7.08. The summed E-state index contributed by atoms with van der Waals surface area (Å²) in [4.78, 5) is 17.6. The Morgan fingerprint density at radius 2 is 1.79 bits per heavy atom. The zero-order valence-corrected chi connectivity index (χ0v) is 15.7. The summed E-state index contributed by atoms with van der Waals surface area (Å²) in [5.41, 5.74) is 1.17. The summed E-state index contributed by atoms with van der Waals surface area (Å²) >= 11 is 0. The first kappa shape index (κ1) is 19.9. The first-order valence-electron chi connectivity index (χ1n) is 9.14. The zero-order chi connectivity index (χ0) is 20.5. The molecule has 1 aliphatic rings. The van der Waals surface area contributed by atoms with E-state index in [9.17, 15) is 18.0 Å². The molecule has 2 aromatic rings. The Bertz CT molecular complexity index is 950. The third kappa shape index (κ3) is 3.75. The Morgan fingerprint density at radius 1 is 1.18 bits per heavy atom. The van der Waals surface area contributed by atoms with Crippen LogP contribution in [0.5, 0.6) is 0 Å². The number of nitrogens with zero attached hydrogens (tertiary/aromatic N) is 3. The molecular weight excluding hydrogens is 369 g/mol. The zero-order valence-electron chi connectivity index (χ0n) is 15.7. The molecule has 0 unspecified atom stereocenters. The molecule has 1 heterocycles. The predicted octanol–water partition coefficient (Wildman–Crippen LogP) is 4.29. The highest BCUT2D eigenvalue weighted by Gasteiger charge is 2.42. The van der Waals surface area contributed by atoms with Gasteiger partial charge in [0, 0.05) is 13.0 Å². The summed E-state index contributed by atoms with van der Waals surface area (Å²) in [6.07, 6.45) is -3.49. The molecular formula is C20H21F3N4O. The summed E-state index contributed by atoms with van der Waals surface area (Å²) < 4.78 is 40.5. The second kappa shape index (κ2) is 7.66. The molecule has 1 N–H and O–H groups in total. The second-order valence-corrected chi connectivity index (χ2v) is 7.08. The van der Waals surface area contributed by atoms with E-state index in [0.717, 1.165) is 0 Å². The van der Waals surface area contributed by atoms with E-state index in [-0.39, 0.29) is 24.3 Å². The average Bonchev–Trinajstić information content (AvgIpc) is 2.69.